The van der Waals surface area contributed by atoms with E-state index in [9.17, 15) is 13.2 Å². The lowest BCUT2D eigenvalue weighted by Crippen LogP contribution is -2.15. The van der Waals surface area contributed by atoms with Crippen molar-refractivity contribution in [3.8, 4) is 5.82 Å². The minimum absolute atomic E-state index is 0.377. The molecule has 114 valence electrons. The Kier molecular flexibility index (Phi) is 4.62. The zero-order valence-corrected chi connectivity index (χ0v) is 11.9. The summed E-state index contributed by atoms with van der Waals surface area (Å²) in [7, 11) is 0. The molecule has 0 aliphatic carbocycles. The SMILES string of the molecule is CCCNCc1ccc(-n2ccc(C(F)(F)F)n2)nc1C. The van der Waals surface area contributed by atoms with E-state index in [1.807, 2.05) is 13.0 Å². The van der Waals surface area contributed by atoms with E-state index in [1.54, 1.807) is 6.07 Å². The Morgan fingerprint density at radius 1 is 1.24 bits per heavy atom. The summed E-state index contributed by atoms with van der Waals surface area (Å²) >= 11 is 0. The topological polar surface area (TPSA) is 42.7 Å². The van der Waals surface area contributed by atoms with Crippen LogP contribution < -0.4 is 5.32 Å². The molecular weight excluding hydrogens is 281 g/mol. The molecule has 0 bridgehead atoms. The number of pyridine rings is 1. The summed E-state index contributed by atoms with van der Waals surface area (Å²) in [6.45, 7) is 5.52. The van der Waals surface area contributed by atoms with Crippen LogP contribution in [0, 0.1) is 6.92 Å². The van der Waals surface area contributed by atoms with Crippen LogP contribution in [0.25, 0.3) is 5.82 Å². The van der Waals surface area contributed by atoms with E-state index in [2.05, 4.69) is 22.3 Å². The van der Waals surface area contributed by atoms with E-state index in [1.165, 1.54) is 6.20 Å². The molecule has 0 spiro atoms. The number of halogens is 3. The minimum Gasteiger partial charge on any atom is -0.313 e. The highest BCUT2D eigenvalue weighted by atomic mass is 19.4. The first kappa shape index (κ1) is 15.5. The molecule has 0 aliphatic rings. The van der Waals surface area contributed by atoms with Gasteiger partial charge in [-0.15, -0.1) is 0 Å². The highest BCUT2D eigenvalue weighted by molar-refractivity contribution is 5.30. The molecule has 1 N–H and O–H groups in total. The van der Waals surface area contributed by atoms with Crippen molar-refractivity contribution in [1.82, 2.24) is 20.1 Å². The highest BCUT2D eigenvalue weighted by Gasteiger charge is 2.33. The molecule has 7 heteroatoms. The van der Waals surface area contributed by atoms with E-state index in [-0.39, 0.29) is 0 Å². The molecular formula is C14H17F3N4. The summed E-state index contributed by atoms with van der Waals surface area (Å²) in [6.07, 6.45) is -2.14. The third kappa shape index (κ3) is 3.81. The normalized spacial score (nSPS) is 11.9. The number of nitrogens with one attached hydrogen (secondary N) is 1. The maximum Gasteiger partial charge on any atom is 0.435 e. The summed E-state index contributed by atoms with van der Waals surface area (Å²) in [5.41, 5.74) is 0.881. The molecule has 21 heavy (non-hydrogen) atoms. The van der Waals surface area contributed by atoms with Crippen molar-refractivity contribution in [3.05, 3.63) is 41.3 Å². The highest BCUT2D eigenvalue weighted by Crippen LogP contribution is 2.27. The molecule has 0 aromatic carbocycles. The average molecular weight is 298 g/mol. The predicted octanol–water partition coefficient (Wildman–Crippen LogP) is 3.09. The Labute approximate surface area is 121 Å². The first-order chi connectivity index (χ1) is 9.91. The fourth-order valence-corrected chi connectivity index (χ4v) is 1.89. The van der Waals surface area contributed by atoms with Crippen LogP contribution in [0.2, 0.25) is 0 Å². The van der Waals surface area contributed by atoms with Gasteiger partial charge in [0.2, 0.25) is 0 Å². The van der Waals surface area contributed by atoms with Crippen molar-refractivity contribution < 1.29 is 13.2 Å². The van der Waals surface area contributed by atoms with E-state index in [0.717, 1.165) is 35.0 Å². The molecule has 2 heterocycles. The largest absolute Gasteiger partial charge is 0.435 e. The number of hydrogen-bond acceptors (Lipinski definition) is 3. The van der Waals surface area contributed by atoms with E-state index >= 15 is 0 Å². The van der Waals surface area contributed by atoms with Gasteiger partial charge < -0.3 is 5.32 Å². The van der Waals surface area contributed by atoms with Crippen molar-refractivity contribution in [1.29, 1.82) is 0 Å². The standard InChI is InChI=1S/C14H17F3N4/c1-3-7-18-9-11-4-5-13(19-10(11)2)21-8-6-12(20-21)14(15,16)17/h4-6,8,18H,3,7,9H2,1-2H3. The molecule has 2 rings (SSSR count). The van der Waals surface area contributed by atoms with Crippen molar-refractivity contribution in [3.63, 3.8) is 0 Å². The molecule has 2 aromatic rings. The molecule has 2 aromatic heterocycles. The number of aryl methyl sites for hydroxylation is 1. The molecule has 0 amide bonds. The second kappa shape index (κ2) is 6.26. The number of nitrogens with zero attached hydrogens (tertiary/aromatic N) is 3. The lowest BCUT2D eigenvalue weighted by molar-refractivity contribution is -0.141. The van der Waals surface area contributed by atoms with Crippen LogP contribution in [0.3, 0.4) is 0 Å². The van der Waals surface area contributed by atoms with Gasteiger partial charge in [-0.1, -0.05) is 13.0 Å². The minimum atomic E-state index is -4.44. The van der Waals surface area contributed by atoms with Crippen LogP contribution >= 0.6 is 0 Å². The summed E-state index contributed by atoms with van der Waals surface area (Å²) in [5, 5.41) is 6.78. The molecule has 0 aliphatic heterocycles. The zero-order chi connectivity index (χ0) is 15.5. The van der Waals surface area contributed by atoms with Gasteiger partial charge in [-0.2, -0.15) is 18.3 Å². The van der Waals surface area contributed by atoms with Crippen LogP contribution in [0.4, 0.5) is 13.2 Å². The van der Waals surface area contributed by atoms with Gasteiger partial charge in [0.15, 0.2) is 11.5 Å². The van der Waals surface area contributed by atoms with E-state index in [4.69, 9.17) is 0 Å². The third-order valence-electron chi connectivity index (χ3n) is 3.04. The molecule has 0 atom stereocenters. The van der Waals surface area contributed by atoms with Crippen LogP contribution in [0.5, 0.6) is 0 Å². The Bertz CT molecular complexity index is 605. The van der Waals surface area contributed by atoms with Crippen molar-refractivity contribution >= 4 is 0 Å². The fourth-order valence-electron chi connectivity index (χ4n) is 1.89. The third-order valence-corrected chi connectivity index (χ3v) is 3.04. The maximum absolute atomic E-state index is 12.5. The van der Waals surface area contributed by atoms with Crippen LogP contribution in [-0.4, -0.2) is 21.3 Å². The van der Waals surface area contributed by atoms with Gasteiger partial charge in [0.05, 0.1) is 0 Å². The Morgan fingerprint density at radius 2 is 2.00 bits per heavy atom. The summed E-state index contributed by atoms with van der Waals surface area (Å²) < 4.78 is 38.7. The van der Waals surface area contributed by atoms with Crippen molar-refractivity contribution in [2.24, 2.45) is 0 Å². The predicted molar refractivity (Wildman–Crippen MR) is 73.1 cm³/mol. The van der Waals surface area contributed by atoms with Crippen molar-refractivity contribution in [2.45, 2.75) is 33.0 Å². The molecule has 4 nitrogen and oxygen atoms in total. The summed E-state index contributed by atoms with van der Waals surface area (Å²) in [4.78, 5) is 4.31. The number of rotatable bonds is 5. The molecule has 0 saturated carbocycles. The number of aromatic nitrogens is 3. The molecule has 0 saturated heterocycles. The van der Waals surface area contributed by atoms with Crippen LogP contribution in [0.1, 0.15) is 30.3 Å². The Balaban J connectivity index is 2.18. The molecule has 0 fully saturated rings. The van der Waals surface area contributed by atoms with Crippen molar-refractivity contribution in [2.75, 3.05) is 6.54 Å². The molecule has 0 radical (unpaired) electrons. The first-order valence-electron chi connectivity index (χ1n) is 6.72. The van der Waals surface area contributed by atoms with E-state index in [0.29, 0.717) is 12.4 Å². The van der Waals surface area contributed by atoms with Gasteiger partial charge in [0, 0.05) is 18.4 Å². The summed E-state index contributed by atoms with van der Waals surface area (Å²) in [6, 6.07) is 4.46. The smallest absolute Gasteiger partial charge is 0.313 e. The lowest BCUT2D eigenvalue weighted by atomic mass is 10.2. The second-order valence-corrected chi connectivity index (χ2v) is 4.73. The monoisotopic (exact) mass is 298 g/mol. The number of alkyl halides is 3. The Hall–Kier alpha value is -1.89. The second-order valence-electron chi connectivity index (χ2n) is 4.73. The molecule has 0 unspecified atom stereocenters. The number of hydrogen-bond donors (Lipinski definition) is 1. The van der Waals surface area contributed by atoms with Gasteiger partial charge >= 0.3 is 6.18 Å². The summed E-state index contributed by atoms with van der Waals surface area (Å²) in [5.74, 6) is 0.377. The van der Waals surface area contributed by atoms with Gasteiger partial charge in [-0.25, -0.2) is 9.67 Å². The van der Waals surface area contributed by atoms with Gasteiger partial charge in [-0.05, 0) is 37.6 Å². The quantitative estimate of drug-likeness (QED) is 0.863. The first-order valence-corrected chi connectivity index (χ1v) is 6.72. The van der Waals surface area contributed by atoms with Crippen LogP contribution in [-0.2, 0) is 12.7 Å². The lowest BCUT2D eigenvalue weighted by Gasteiger charge is -2.09. The fraction of sp³-hybridized carbons (Fsp3) is 0.429. The van der Waals surface area contributed by atoms with Gasteiger partial charge in [-0.3, -0.25) is 0 Å². The van der Waals surface area contributed by atoms with Crippen LogP contribution in [0.15, 0.2) is 24.4 Å². The maximum atomic E-state index is 12.5. The van der Waals surface area contributed by atoms with E-state index < -0.39 is 11.9 Å². The van der Waals surface area contributed by atoms with Gasteiger partial charge in [0.25, 0.3) is 0 Å². The zero-order valence-electron chi connectivity index (χ0n) is 11.9. The Morgan fingerprint density at radius 3 is 2.57 bits per heavy atom. The average Bonchev–Trinajstić information content (AvgIpc) is 2.90. The van der Waals surface area contributed by atoms with Gasteiger partial charge in [0.1, 0.15) is 0 Å².